The zero-order chi connectivity index (χ0) is 27.5. The smallest absolute Gasteiger partial charge is 0.269 e. The van der Waals surface area contributed by atoms with E-state index in [9.17, 15) is 15.2 Å². The number of nitrogens with zero attached hydrogens (tertiary/aromatic N) is 4. The molecular formula is C31H32N4O4. The summed E-state index contributed by atoms with van der Waals surface area (Å²) >= 11 is 0. The van der Waals surface area contributed by atoms with Gasteiger partial charge in [-0.1, -0.05) is 37.1 Å². The number of phenolic OH excluding ortho intramolecular Hbond substituents is 1. The van der Waals surface area contributed by atoms with Gasteiger partial charge in [0.05, 0.1) is 22.9 Å². The summed E-state index contributed by atoms with van der Waals surface area (Å²) in [7, 11) is 2.08. The van der Waals surface area contributed by atoms with E-state index in [1.807, 2.05) is 60.7 Å². The molecule has 0 spiro atoms. The molecule has 0 heterocycles. The number of phenols is 1. The van der Waals surface area contributed by atoms with Gasteiger partial charge >= 0.3 is 0 Å². The van der Waals surface area contributed by atoms with Crippen LogP contribution in [0.3, 0.4) is 0 Å². The molecule has 200 valence electrons. The number of nitro groups is 1. The fraction of sp³-hybridized carbons (Fsp3) is 0.226. The Balaban J connectivity index is 1.11. The maximum absolute atomic E-state index is 10.7. The fourth-order valence-electron chi connectivity index (χ4n) is 4.05. The highest BCUT2D eigenvalue weighted by atomic mass is 16.6. The number of hydrogen-bond donors (Lipinski definition) is 1. The summed E-state index contributed by atoms with van der Waals surface area (Å²) in [6, 6.07) is 29.1. The van der Waals surface area contributed by atoms with Crippen molar-refractivity contribution in [3.05, 3.63) is 107 Å². The van der Waals surface area contributed by atoms with Crippen LogP contribution < -0.4 is 9.64 Å². The highest BCUT2D eigenvalue weighted by Crippen LogP contribution is 2.25. The Kier molecular flexibility index (Phi) is 9.61. The van der Waals surface area contributed by atoms with Gasteiger partial charge < -0.3 is 14.7 Å². The number of azo groups is 1. The second kappa shape index (κ2) is 13.7. The molecule has 4 aromatic rings. The second-order valence-corrected chi connectivity index (χ2v) is 9.25. The van der Waals surface area contributed by atoms with Crippen LogP contribution in [0, 0.1) is 10.1 Å². The van der Waals surface area contributed by atoms with Crippen LogP contribution >= 0.6 is 0 Å². The molecule has 8 nitrogen and oxygen atoms in total. The molecule has 4 rings (SSSR count). The van der Waals surface area contributed by atoms with E-state index in [0.717, 1.165) is 60.5 Å². The summed E-state index contributed by atoms with van der Waals surface area (Å²) in [5.41, 5.74) is 4.58. The Morgan fingerprint density at radius 1 is 0.744 bits per heavy atom. The Bertz CT molecular complexity index is 1350. The van der Waals surface area contributed by atoms with E-state index in [2.05, 4.69) is 22.2 Å². The molecule has 0 fully saturated rings. The summed E-state index contributed by atoms with van der Waals surface area (Å²) in [6.07, 6.45) is 4.35. The maximum atomic E-state index is 10.7. The molecule has 0 radical (unpaired) electrons. The Labute approximate surface area is 228 Å². The highest BCUT2D eigenvalue weighted by molar-refractivity contribution is 5.64. The van der Waals surface area contributed by atoms with E-state index in [1.165, 1.54) is 12.1 Å². The average Bonchev–Trinajstić information content (AvgIpc) is 2.96. The van der Waals surface area contributed by atoms with E-state index in [0.29, 0.717) is 12.3 Å². The van der Waals surface area contributed by atoms with Crippen LogP contribution in [0.2, 0.25) is 0 Å². The van der Waals surface area contributed by atoms with E-state index >= 15 is 0 Å². The molecule has 0 saturated carbocycles. The third-order valence-electron chi connectivity index (χ3n) is 6.34. The van der Waals surface area contributed by atoms with Gasteiger partial charge in [0.1, 0.15) is 11.5 Å². The van der Waals surface area contributed by atoms with Crippen LogP contribution in [0.5, 0.6) is 11.5 Å². The monoisotopic (exact) mass is 524 g/mol. The van der Waals surface area contributed by atoms with Crippen molar-refractivity contribution in [2.45, 2.75) is 25.7 Å². The first kappa shape index (κ1) is 27.3. The number of unbranched alkanes of at least 4 members (excludes halogenated alkanes) is 3. The maximum Gasteiger partial charge on any atom is 0.269 e. The van der Waals surface area contributed by atoms with Gasteiger partial charge in [-0.25, -0.2) is 0 Å². The summed E-state index contributed by atoms with van der Waals surface area (Å²) in [5, 5.41) is 28.5. The molecule has 0 saturated heterocycles. The quantitative estimate of drug-likeness (QED) is 0.0818. The molecule has 0 aliphatic heterocycles. The minimum Gasteiger partial charge on any atom is -0.508 e. The molecule has 4 aromatic carbocycles. The van der Waals surface area contributed by atoms with Crippen molar-refractivity contribution in [1.82, 2.24) is 0 Å². The van der Waals surface area contributed by atoms with Crippen molar-refractivity contribution in [2.75, 3.05) is 25.1 Å². The van der Waals surface area contributed by atoms with Crippen molar-refractivity contribution in [3.63, 3.8) is 0 Å². The minimum absolute atomic E-state index is 0.0313. The van der Waals surface area contributed by atoms with Crippen LogP contribution in [0.4, 0.5) is 22.7 Å². The number of benzene rings is 4. The Morgan fingerprint density at radius 2 is 1.28 bits per heavy atom. The van der Waals surface area contributed by atoms with E-state index in [4.69, 9.17) is 4.74 Å². The number of aromatic hydroxyl groups is 1. The summed E-state index contributed by atoms with van der Waals surface area (Å²) in [4.78, 5) is 12.5. The predicted molar refractivity (Wildman–Crippen MR) is 154 cm³/mol. The van der Waals surface area contributed by atoms with Crippen molar-refractivity contribution in [2.24, 2.45) is 10.2 Å². The van der Waals surface area contributed by atoms with E-state index < -0.39 is 4.92 Å². The number of hydrogen-bond acceptors (Lipinski definition) is 7. The Hall–Kier alpha value is -4.72. The van der Waals surface area contributed by atoms with Gasteiger partial charge in [0, 0.05) is 31.4 Å². The van der Waals surface area contributed by atoms with Crippen molar-refractivity contribution >= 4 is 22.7 Å². The zero-order valence-electron chi connectivity index (χ0n) is 21.9. The van der Waals surface area contributed by atoms with Gasteiger partial charge in [-0.2, -0.15) is 10.2 Å². The zero-order valence-corrected chi connectivity index (χ0v) is 21.9. The van der Waals surface area contributed by atoms with Gasteiger partial charge in [0.2, 0.25) is 0 Å². The second-order valence-electron chi connectivity index (χ2n) is 9.25. The van der Waals surface area contributed by atoms with Crippen molar-refractivity contribution in [1.29, 1.82) is 0 Å². The lowest BCUT2D eigenvalue weighted by Crippen LogP contribution is -2.18. The topological polar surface area (TPSA) is 101 Å². The molecule has 0 amide bonds. The first-order chi connectivity index (χ1) is 19.0. The molecule has 0 aromatic heterocycles. The number of rotatable bonds is 13. The molecular weight excluding hydrogens is 492 g/mol. The number of nitro benzene ring substituents is 1. The van der Waals surface area contributed by atoms with Crippen LogP contribution in [0.1, 0.15) is 25.7 Å². The first-order valence-electron chi connectivity index (χ1n) is 13.0. The van der Waals surface area contributed by atoms with Crippen molar-refractivity contribution in [3.8, 4) is 22.6 Å². The number of ether oxygens (including phenoxy) is 1. The fourth-order valence-corrected chi connectivity index (χ4v) is 4.05. The molecule has 8 heteroatoms. The summed E-state index contributed by atoms with van der Waals surface area (Å²) in [5.74, 6) is 1.13. The van der Waals surface area contributed by atoms with Crippen LogP contribution in [0.25, 0.3) is 11.1 Å². The third kappa shape index (κ3) is 8.39. The van der Waals surface area contributed by atoms with Gasteiger partial charge in [0.15, 0.2) is 0 Å². The van der Waals surface area contributed by atoms with Gasteiger partial charge in [-0.15, -0.1) is 0 Å². The molecule has 1 N–H and O–H groups in total. The standard InChI is InChI=1S/C31H32N4O4/c1-34(28-14-10-26(11-15-28)32-33-27-12-16-29(17-13-27)35(37)38)22-4-2-3-5-23-39-31-20-8-25(9-21-31)24-6-18-30(36)19-7-24/h6-21,36H,2-5,22-23H2,1H3. The predicted octanol–water partition coefficient (Wildman–Crippen LogP) is 8.46. The lowest BCUT2D eigenvalue weighted by atomic mass is 10.1. The van der Waals surface area contributed by atoms with Crippen LogP contribution in [-0.4, -0.2) is 30.2 Å². The number of non-ortho nitro benzene ring substituents is 1. The summed E-state index contributed by atoms with van der Waals surface area (Å²) < 4.78 is 5.89. The first-order valence-corrected chi connectivity index (χ1v) is 13.0. The molecule has 39 heavy (non-hydrogen) atoms. The minimum atomic E-state index is -0.437. The molecule has 0 atom stereocenters. The highest BCUT2D eigenvalue weighted by Gasteiger charge is 2.04. The lowest BCUT2D eigenvalue weighted by Gasteiger charge is -2.19. The SMILES string of the molecule is CN(CCCCCCOc1ccc(-c2ccc(O)cc2)cc1)c1ccc(N=Nc2ccc([N+](=O)[O-])cc2)cc1. The lowest BCUT2D eigenvalue weighted by molar-refractivity contribution is -0.384. The molecule has 0 unspecified atom stereocenters. The summed E-state index contributed by atoms with van der Waals surface area (Å²) in [6.45, 7) is 1.66. The largest absolute Gasteiger partial charge is 0.508 e. The van der Waals surface area contributed by atoms with Crippen molar-refractivity contribution < 1.29 is 14.8 Å². The van der Waals surface area contributed by atoms with Gasteiger partial charge in [0.25, 0.3) is 5.69 Å². The Morgan fingerprint density at radius 3 is 1.87 bits per heavy atom. The molecule has 0 aliphatic rings. The van der Waals surface area contributed by atoms with Gasteiger partial charge in [-0.05, 0) is 84.6 Å². The average molecular weight is 525 g/mol. The normalized spacial score (nSPS) is 11.0. The van der Waals surface area contributed by atoms with Crippen LogP contribution in [0.15, 0.2) is 107 Å². The molecule has 0 bridgehead atoms. The number of anilines is 1. The van der Waals surface area contributed by atoms with Gasteiger partial charge in [-0.3, -0.25) is 10.1 Å². The molecule has 0 aliphatic carbocycles. The van der Waals surface area contributed by atoms with E-state index in [1.54, 1.807) is 24.3 Å². The van der Waals surface area contributed by atoms with E-state index in [-0.39, 0.29) is 11.4 Å². The third-order valence-corrected chi connectivity index (χ3v) is 6.34. The van der Waals surface area contributed by atoms with Crippen LogP contribution in [-0.2, 0) is 0 Å².